The van der Waals surface area contributed by atoms with Crippen molar-refractivity contribution in [2.75, 3.05) is 32.7 Å². The summed E-state index contributed by atoms with van der Waals surface area (Å²) in [7, 11) is 0. The van der Waals surface area contributed by atoms with Gasteiger partial charge in [0.15, 0.2) is 0 Å². The highest BCUT2D eigenvalue weighted by molar-refractivity contribution is 5.04. The van der Waals surface area contributed by atoms with Crippen LogP contribution < -0.4 is 5.32 Å². The Kier molecular flexibility index (Phi) is 6.69. The predicted octanol–water partition coefficient (Wildman–Crippen LogP) is 2.42. The van der Waals surface area contributed by atoms with Gasteiger partial charge in [0.1, 0.15) is 0 Å². The highest BCUT2D eigenvalue weighted by atomic mass is 15.1. The molecule has 0 atom stereocenters. The molecule has 1 N–H and O–H groups in total. The molecule has 0 radical (unpaired) electrons. The van der Waals surface area contributed by atoms with E-state index in [1.165, 1.54) is 58.4 Å². The fraction of sp³-hybridized carbons (Fsp3) is 0.846. The van der Waals surface area contributed by atoms with Crippen molar-refractivity contribution in [3.05, 3.63) is 11.6 Å². The lowest BCUT2D eigenvalue weighted by Gasteiger charge is -2.25. The molecule has 2 heteroatoms. The van der Waals surface area contributed by atoms with Gasteiger partial charge in [-0.2, -0.15) is 0 Å². The molecule has 1 aliphatic heterocycles. The summed E-state index contributed by atoms with van der Waals surface area (Å²) in [5, 5.41) is 3.45. The van der Waals surface area contributed by atoms with E-state index < -0.39 is 0 Å². The Morgan fingerprint density at radius 2 is 2.20 bits per heavy atom. The lowest BCUT2D eigenvalue weighted by molar-refractivity contribution is 0.283. The molecule has 15 heavy (non-hydrogen) atoms. The molecule has 0 spiro atoms. The SMILES string of the molecule is CCCNCCCCN1CCC=C(C)C1. The van der Waals surface area contributed by atoms with E-state index in [1.807, 2.05) is 0 Å². The van der Waals surface area contributed by atoms with Crippen molar-refractivity contribution in [1.29, 1.82) is 0 Å². The van der Waals surface area contributed by atoms with Crippen LogP contribution in [0, 0.1) is 0 Å². The highest BCUT2D eigenvalue weighted by Crippen LogP contribution is 2.09. The molecule has 88 valence electrons. The standard InChI is InChI=1S/C13H26N2/c1-3-8-14-9-4-5-10-15-11-6-7-13(2)12-15/h7,14H,3-6,8-12H2,1-2H3. The van der Waals surface area contributed by atoms with Crippen LogP contribution >= 0.6 is 0 Å². The van der Waals surface area contributed by atoms with E-state index in [1.54, 1.807) is 5.57 Å². The first kappa shape index (κ1) is 12.7. The van der Waals surface area contributed by atoms with E-state index in [0.29, 0.717) is 0 Å². The van der Waals surface area contributed by atoms with Crippen molar-refractivity contribution < 1.29 is 0 Å². The fourth-order valence-electron chi connectivity index (χ4n) is 2.07. The molecule has 0 aromatic carbocycles. The largest absolute Gasteiger partial charge is 0.317 e. The summed E-state index contributed by atoms with van der Waals surface area (Å²) in [6.07, 6.45) is 7.53. The molecule has 1 aliphatic rings. The zero-order chi connectivity index (χ0) is 10.9. The van der Waals surface area contributed by atoms with Gasteiger partial charge < -0.3 is 5.32 Å². The molecule has 1 heterocycles. The molecule has 0 fully saturated rings. The maximum atomic E-state index is 3.45. The average Bonchev–Trinajstić information content (AvgIpc) is 2.23. The molecule has 0 saturated carbocycles. The molecule has 0 aromatic rings. The molecule has 1 rings (SSSR count). The van der Waals surface area contributed by atoms with E-state index in [0.717, 1.165) is 0 Å². The molecular weight excluding hydrogens is 184 g/mol. The molecule has 0 bridgehead atoms. The number of hydrogen-bond acceptors (Lipinski definition) is 2. The van der Waals surface area contributed by atoms with E-state index in [2.05, 4.69) is 30.1 Å². The van der Waals surface area contributed by atoms with Gasteiger partial charge in [0.2, 0.25) is 0 Å². The van der Waals surface area contributed by atoms with Crippen molar-refractivity contribution in [2.45, 2.75) is 39.5 Å². The topological polar surface area (TPSA) is 15.3 Å². The van der Waals surface area contributed by atoms with Crippen molar-refractivity contribution in [3.63, 3.8) is 0 Å². The quantitative estimate of drug-likeness (QED) is 0.513. The third kappa shape index (κ3) is 5.95. The van der Waals surface area contributed by atoms with Crippen LogP contribution in [0.3, 0.4) is 0 Å². The molecule has 0 aliphatic carbocycles. The summed E-state index contributed by atoms with van der Waals surface area (Å²) >= 11 is 0. The lowest BCUT2D eigenvalue weighted by atomic mass is 10.1. The maximum Gasteiger partial charge on any atom is 0.0190 e. The van der Waals surface area contributed by atoms with Gasteiger partial charge in [0.05, 0.1) is 0 Å². The first-order chi connectivity index (χ1) is 7.33. The highest BCUT2D eigenvalue weighted by Gasteiger charge is 2.08. The predicted molar refractivity (Wildman–Crippen MR) is 67.2 cm³/mol. The van der Waals surface area contributed by atoms with Crippen molar-refractivity contribution >= 4 is 0 Å². The molecule has 2 nitrogen and oxygen atoms in total. The maximum absolute atomic E-state index is 3.45. The Bertz CT molecular complexity index is 187. The minimum Gasteiger partial charge on any atom is -0.317 e. The van der Waals surface area contributed by atoms with Crippen LogP contribution in [-0.4, -0.2) is 37.6 Å². The van der Waals surface area contributed by atoms with Crippen LogP contribution in [0.5, 0.6) is 0 Å². The first-order valence-corrected chi connectivity index (χ1v) is 6.41. The van der Waals surface area contributed by atoms with E-state index in [4.69, 9.17) is 0 Å². The number of nitrogens with one attached hydrogen (secondary N) is 1. The number of nitrogens with zero attached hydrogens (tertiary/aromatic N) is 1. The molecule has 0 saturated heterocycles. The van der Waals surface area contributed by atoms with Gasteiger partial charge in [0.25, 0.3) is 0 Å². The minimum atomic E-state index is 1.17. The molecule has 0 unspecified atom stereocenters. The van der Waals surface area contributed by atoms with Gasteiger partial charge in [-0.1, -0.05) is 18.6 Å². The Labute approximate surface area is 94.7 Å². The summed E-state index contributed by atoms with van der Waals surface area (Å²) in [5.74, 6) is 0. The third-order valence-corrected chi connectivity index (χ3v) is 2.92. The van der Waals surface area contributed by atoms with Crippen molar-refractivity contribution in [1.82, 2.24) is 10.2 Å². The van der Waals surface area contributed by atoms with Crippen molar-refractivity contribution in [2.24, 2.45) is 0 Å². The van der Waals surface area contributed by atoms with Gasteiger partial charge in [-0.15, -0.1) is 0 Å². The number of rotatable bonds is 7. The van der Waals surface area contributed by atoms with Gasteiger partial charge in [-0.05, 0) is 52.2 Å². The van der Waals surface area contributed by atoms with Crippen molar-refractivity contribution in [3.8, 4) is 0 Å². The van der Waals surface area contributed by atoms with E-state index in [-0.39, 0.29) is 0 Å². The van der Waals surface area contributed by atoms with Crippen LogP contribution in [0.15, 0.2) is 11.6 Å². The van der Waals surface area contributed by atoms with Crippen LogP contribution in [0.2, 0.25) is 0 Å². The smallest absolute Gasteiger partial charge is 0.0190 e. The second-order valence-corrected chi connectivity index (χ2v) is 4.57. The zero-order valence-corrected chi connectivity index (χ0v) is 10.4. The van der Waals surface area contributed by atoms with E-state index >= 15 is 0 Å². The van der Waals surface area contributed by atoms with Gasteiger partial charge in [0, 0.05) is 13.1 Å². The Morgan fingerprint density at radius 3 is 2.93 bits per heavy atom. The summed E-state index contributed by atoms with van der Waals surface area (Å²) in [4.78, 5) is 2.58. The zero-order valence-electron chi connectivity index (χ0n) is 10.4. The van der Waals surface area contributed by atoms with Crippen LogP contribution in [0.4, 0.5) is 0 Å². The summed E-state index contributed by atoms with van der Waals surface area (Å²) < 4.78 is 0. The molecular formula is C13H26N2. The van der Waals surface area contributed by atoms with Crippen LogP contribution in [-0.2, 0) is 0 Å². The Morgan fingerprint density at radius 1 is 1.33 bits per heavy atom. The Balaban J connectivity index is 1.94. The normalized spacial score (nSPS) is 17.9. The first-order valence-electron chi connectivity index (χ1n) is 6.41. The average molecular weight is 210 g/mol. The summed E-state index contributed by atoms with van der Waals surface area (Å²) in [6.45, 7) is 10.6. The molecule has 0 aromatic heterocycles. The van der Waals surface area contributed by atoms with Crippen LogP contribution in [0.25, 0.3) is 0 Å². The summed E-state index contributed by atoms with van der Waals surface area (Å²) in [5.41, 5.74) is 1.55. The second kappa shape index (κ2) is 7.89. The van der Waals surface area contributed by atoms with Gasteiger partial charge >= 0.3 is 0 Å². The fourth-order valence-corrected chi connectivity index (χ4v) is 2.07. The lowest BCUT2D eigenvalue weighted by Crippen LogP contribution is -2.30. The molecule has 0 amide bonds. The number of hydrogen-bond donors (Lipinski definition) is 1. The monoisotopic (exact) mass is 210 g/mol. The number of unbranched alkanes of at least 4 members (excludes halogenated alkanes) is 1. The third-order valence-electron chi connectivity index (χ3n) is 2.92. The second-order valence-electron chi connectivity index (χ2n) is 4.57. The summed E-state index contributed by atoms with van der Waals surface area (Å²) in [6, 6.07) is 0. The minimum absolute atomic E-state index is 1.17. The van der Waals surface area contributed by atoms with E-state index in [9.17, 15) is 0 Å². The Hall–Kier alpha value is -0.340. The van der Waals surface area contributed by atoms with Gasteiger partial charge in [-0.25, -0.2) is 0 Å². The van der Waals surface area contributed by atoms with Crippen LogP contribution in [0.1, 0.15) is 39.5 Å². The van der Waals surface area contributed by atoms with Gasteiger partial charge in [-0.3, -0.25) is 4.90 Å².